The first kappa shape index (κ1) is 19.0. The predicted molar refractivity (Wildman–Crippen MR) is 91.9 cm³/mol. The molecule has 1 unspecified atom stereocenters. The van der Waals surface area contributed by atoms with Crippen molar-refractivity contribution in [2.75, 3.05) is 26.2 Å². The molecule has 1 aromatic rings. The van der Waals surface area contributed by atoms with E-state index in [9.17, 15) is 23.6 Å². The smallest absolute Gasteiger partial charge is 0.311 e. The molecule has 0 N–H and O–H groups in total. The molecule has 2 aliphatic heterocycles. The summed E-state index contributed by atoms with van der Waals surface area (Å²) in [6.07, 6.45) is 2.15. The quantitative estimate of drug-likeness (QED) is 0.741. The summed E-state index contributed by atoms with van der Waals surface area (Å²) in [5.41, 5.74) is 0.355. The summed E-state index contributed by atoms with van der Waals surface area (Å²) >= 11 is 0. The highest BCUT2D eigenvalue weighted by Gasteiger charge is 2.32. The van der Waals surface area contributed by atoms with Crippen molar-refractivity contribution in [1.29, 1.82) is 0 Å². The molecule has 0 spiro atoms. The second-order valence-electron chi connectivity index (χ2n) is 6.75. The molecule has 144 valence electrons. The first-order chi connectivity index (χ1) is 13.0. The largest absolute Gasteiger partial charge is 0.455 e. The number of piperidine rings is 1. The van der Waals surface area contributed by atoms with Crippen LogP contribution in [0.1, 0.15) is 36.0 Å². The minimum absolute atomic E-state index is 0.186. The van der Waals surface area contributed by atoms with Crippen LogP contribution in [0.2, 0.25) is 0 Å². The van der Waals surface area contributed by atoms with Crippen molar-refractivity contribution in [3.05, 3.63) is 35.6 Å². The number of hydrogen-bond acceptors (Lipinski definition) is 5. The summed E-state index contributed by atoms with van der Waals surface area (Å²) in [5, 5.41) is 0. The second kappa shape index (κ2) is 8.28. The van der Waals surface area contributed by atoms with Gasteiger partial charge in [0, 0.05) is 31.6 Å². The van der Waals surface area contributed by atoms with E-state index in [1.165, 1.54) is 29.2 Å². The lowest BCUT2D eigenvalue weighted by Crippen LogP contribution is -2.43. The topological polar surface area (TPSA) is 84.0 Å². The number of ether oxygens (including phenoxy) is 1. The van der Waals surface area contributed by atoms with Gasteiger partial charge < -0.3 is 9.64 Å². The molecule has 1 atom stereocenters. The Balaban J connectivity index is 1.53. The molecule has 0 aromatic heterocycles. The van der Waals surface area contributed by atoms with E-state index < -0.39 is 30.2 Å². The molecule has 2 fully saturated rings. The molecule has 0 aliphatic carbocycles. The van der Waals surface area contributed by atoms with Crippen molar-refractivity contribution in [2.45, 2.75) is 25.7 Å². The monoisotopic (exact) mass is 376 g/mol. The molecule has 3 amide bonds. The van der Waals surface area contributed by atoms with Gasteiger partial charge >= 0.3 is 5.97 Å². The van der Waals surface area contributed by atoms with Crippen LogP contribution in [0.3, 0.4) is 0 Å². The molecule has 2 saturated heterocycles. The van der Waals surface area contributed by atoms with E-state index in [1.54, 1.807) is 0 Å². The third kappa shape index (κ3) is 4.50. The summed E-state index contributed by atoms with van der Waals surface area (Å²) in [4.78, 5) is 50.9. The van der Waals surface area contributed by atoms with Gasteiger partial charge in [-0.25, -0.2) is 4.39 Å². The highest BCUT2D eigenvalue weighted by Crippen LogP contribution is 2.20. The SMILES string of the molecule is O=C(OCC(=O)N1CCCC1=O)C1CCCN(C(=O)c2ccc(F)cc2)C1. The molecule has 0 radical (unpaired) electrons. The van der Waals surface area contributed by atoms with Gasteiger partial charge in [0.05, 0.1) is 5.92 Å². The molecule has 27 heavy (non-hydrogen) atoms. The Labute approximate surface area is 156 Å². The Kier molecular flexibility index (Phi) is 5.83. The molecule has 7 nitrogen and oxygen atoms in total. The Hall–Kier alpha value is -2.77. The fraction of sp³-hybridized carbons (Fsp3) is 0.474. The average Bonchev–Trinajstić information content (AvgIpc) is 3.12. The molecular formula is C19H21FN2O5. The van der Waals surface area contributed by atoms with Crippen LogP contribution in [0.15, 0.2) is 24.3 Å². The van der Waals surface area contributed by atoms with Crippen LogP contribution < -0.4 is 0 Å². The van der Waals surface area contributed by atoms with Crippen molar-refractivity contribution < 1.29 is 28.3 Å². The summed E-state index contributed by atoms with van der Waals surface area (Å²) in [7, 11) is 0. The number of benzene rings is 1. The van der Waals surface area contributed by atoms with Crippen LogP contribution in [0.5, 0.6) is 0 Å². The number of carbonyl (C=O) groups is 4. The number of likely N-dealkylation sites (tertiary alicyclic amines) is 2. The standard InChI is InChI=1S/C19H21FN2O5/c20-15-7-5-13(6-8-15)18(25)21-9-1-3-14(11-21)19(26)27-12-17(24)22-10-2-4-16(22)23/h5-8,14H,1-4,9-12H2. The van der Waals surface area contributed by atoms with Crippen molar-refractivity contribution in [3.8, 4) is 0 Å². The number of amides is 3. The summed E-state index contributed by atoms with van der Waals surface area (Å²) in [6, 6.07) is 5.25. The van der Waals surface area contributed by atoms with Gasteiger partial charge in [-0.15, -0.1) is 0 Å². The number of carbonyl (C=O) groups excluding carboxylic acids is 4. The Morgan fingerprint density at radius 2 is 1.85 bits per heavy atom. The average molecular weight is 376 g/mol. The third-order valence-corrected chi connectivity index (χ3v) is 4.85. The highest BCUT2D eigenvalue weighted by molar-refractivity contribution is 5.98. The van der Waals surface area contributed by atoms with E-state index >= 15 is 0 Å². The van der Waals surface area contributed by atoms with E-state index in [-0.39, 0.29) is 18.4 Å². The predicted octanol–water partition coefficient (Wildman–Crippen LogP) is 1.37. The van der Waals surface area contributed by atoms with Gasteiger partial charge in [-0.05, 0) is 43.5 Å². The highest BCUT2D eigenvalue weighted by atomic mass is 19.1. The zero-order chi connectivity index (χ0) is 19.4. The molecule has 2 heterocycles. The molecular weight excluding hydrogens is 355 g/mol. The Morgan fingerprint density at radius 1 is 1.11 bits per heavy atom. The van der Waals surface area contributed by atoms with Crippen LogP contribution in [0.4, 0.5) is 4.39 Å². The number of rotatable bonds is 4. The van der Waals surface area contributed by atoms with Gasteiger partial charge in [-0.2, -0.15) is 0 Å². The molecule has 1 aromatic carbocycles. The number of esters is 1. The van der Waals surface area contributed by atoms with Crippen molar-refractivity contribution in [1.82, 2.24) is 9.80 Å². The van der Waals surface area contributed by atoms with E-state index in [1.807, 2.05) is 0 Å². The molecule has 2 aliphatic rings. The van der Waals surface area contributed by atoms with Gasteiger partial charge in [0.2, 0.25) is 5.91 Å². The minimum atomic E-state index is -0.549. The van der Waals surface area contributed by atoms with Crippen LogP contribution in [-0.2, 0) is 19.1 Å². The van der Waals surface area contributed by atoms with E-state index in [4.69, 9.17) is 4.74 Å². The zero-order valence-corrected chi connectivity index (χ0v) is 14.9. The summed E-state index contributed by atoms with van der Waals surface area (Å²) < 4.78 is 18.1. The zero-order valence-electron chi connectivity index (χ0n) is 14.9. The number of hydrogen-bond donors (Lipinski definition) is 0. The summed E-state index contributed by atoms with van der Waals surface area (Å²) in [5.74, 6) is -2.53. The van der Waals surface area contributed by atoms with Crippen LogP contribution in [0.25, 0.3) is 0 Å². The van der Waals surface area contributed by atoms with Gasteiger partial charge in [-0.3, -0.25) is 24.1 Å². The molecule has 0 saturated carbocycles. The van der Waals surface area contributed by atoms with E-state index in [0.29, 0.717) is 44.3 Å². The lowest BCUT2D eigenvalue weighted by Gasteiger charge is -2.31. The van der Waals surface area contributed by atoms with Crippen molar-refractivity contribution >= 4 is 23.7 Å². The van der Waals surface area contributed by atoms with Crippen LogP contribution in [0, 0.1) is 11.7 Å². The van der Waals surface area contributed by atoms with Crippen LogP contribution >= 0.6 is 0 Å². The third-order valence-electron chi connectivity index (χ3n) is 4.85. The summed E-state index contributed by atoms with van der Waals surface area (Å²) in [6.45, 7) is 0.582. The van der Waals surface area contributed by atoms with Gasteiger partial charge in [0.25, 0.3) is 11.8 Å². The first-order valence-electron chi connectivity index (χ1n) is 9.00. The van der Waals surface area contributed by atoms with Crippen molar-refractivity contribution in [3.63, 3.8) is 0 Å². The number of halogens is 1. The van der Waals surface area contributed by atoms with Crippen molar-refractivity contribution in [2.24, 2.45) is 5.92 Å². The lowest BCUT2D eigenvalue weighted by atomic mass is 9.97. The minimum Gasteiger partial charge on any atom is -0.455 e. The maximum absolute atomic E-state index is 13.0. The number of nitrogens with zero attached hydrogens (tertiary/aromatic N) is 2. The normalized spacial score (nSPS) is 19.9. The van der Waals surface area contributed by atoms with Crippen LogP contribution in [-0.4, -0.2) is 59.7 Å². The molecule has 8 heteroatoms. The fourth-order valence-corrected chi connectivity index (χ4v) is 3.37. The Morgan fingerprint density at radius 3 is 2.52 bits per heavy atom. The Bertz CT molecular complexity index is 749. The number of imide groups is 1. The fourth-order valence-electron chi connectivity index (χ4n) is 3.37. The molecule has 3 rings (SSSR count). The molecule has 0 bridgehead atoms. The van der Waals surface area contributed by atoms with Gasteiger partial charge in [-0.1, -0.05) is 0 Å². The maximum atomic E-state index is 13.0. The van der Waals surface area contributed by atoms with Gasteiger partial charge in [0.1, 0.15) is 5.82 Å². The van der Waals surface area contributed by atoms with Gasteiger partial charge in [0.15, 0.2) is 6.61 Å². The maximum Gasteiger partial charge on any atom is 0.311 e. The first-order valence-corrected chi connectivity index (χ1v) is 9.00. The second-order valence-corrected chi connectivity index (χ2v) is 6.75. The lowest BCUT2D eigenvalue weighted by molar-refractivity contribution is -0.158. The van der Waals surface area contributed by atoms with E-state index in [2.05, 4.69) is 0 Å². The van der Waals surface area contributed by atoms with E-state index in [0.717, 1.165) is 4.90 Å².